The van der Waals surface area contributed by atoms with Gasteiger partial charge in [-0.05, 0) is 36.3 Å². The number of hydrogen-bond acceptors (Lipinski definition) is 5. The summed E-state index contributed by atoms with van der Waals surface area (Å²) >= 11 is 1.13. The molecule has 2 bridgehead atoms. The molecule has 1 aromatic heterocycles. The van der Waals surface area contributed by atoms with Gasteiger partial charge < -0.3 is 9.84 Å². The normalized spacial score (nSPS) is 31.1. The molecule has 2 aliphatic rings. The molecule has 0 aromatic carbocycles. The minimum absolute atomic E-state index is 0.0297. The highest BCUT2D eigenvalue weighted by molar-refractivity contribution is 7.91. The molecule has 100 valence electrons. The molecule has 5 nitrogen and oxygen atoms in total. The summed E-state index contributed by atoms with van der Waals surface area (Å²) in [4.78, 5) is 0. The summed E-state index contributed by atoms with van der Waals surface area (Å²) in [6, 6.07) is 1.41. The Bertz CT molecular complexity index is 539. The molecule has 2 aliphatic heterocycles. The first-order chi connectivity index (χ1) is 8.58. The van der Waals surface area contributed by atoms with Crippen molar-refractivity contribution in [3.05, 3.63) is 17.0 Å². The summed E-state index contributed by atoms with van der Waals surface area (Å²) in [6.45, 7) is -0.136. The van der Waals surface area contributed by atoms with Crippen molar-refractivity contribution >= 4 is 21.4 Å². The minimum atomic E-state index is -3.48. The average Bonchev–Trinajstić information content (AvgIpc) is 3.04. The fourth-order valence-electron chi connectivity index (χ4n) is 2.60. The molecule has 2 saturated heterocycles. The Balaban J connectivity index is 1.75. The topological polar surface area (TPSA) is 75.6 Å². The van der Waals surface area contributed by atoms with Crippen LogP contribution in [0.3, 0.4) is 0 Å². The van der Waals surface area contributed by atoms with Gasteiger partial charge in [0.1, 0.15) is 4.21 Å². The summed E-state index contributed by atoms with van der Waals surface area (Å²) in [5.74, 6) is 0. The predicted molar refractivity (Wildman–Crippen MR) is 66.9 cm³/mol. The maximum atomic E-state index is 12.2. The molecular formula is C11H15NO4S2. The first-order valence-electron chi connectivity index (χ1n) is 5.94. The molecule has 1 aromatic rings. The summed E-state index contributed by atoms with van der Waals surface area (Å²) < 4.78 is 32.9. The van der Waals surface area contributed by atoms with E-state index >= 15 is 0 Å². The zero-order chi connectivity index (χ0) is 12.8. The van der Waals surface area contributed by atoms with Crippen molar-refractivity contribution < 1.29 is 18.3 Å². The molecule has 7 heteroatoms. The Morgan fingerprint density at radius 1 is 1.50 bits per heavy atom. The highest BCUT2D eigenvalue weighted by Gasteiger charge is 2.42. The van der Waals surface area contributed by atoms with Crippen LogP contribution >= 0.6 is 11.3 Å². The first-order valence-corrected chi connectivity index (χ1v) is 8.31. The van der Waals surface area contributed by atoms with Crippen molar-refractivity contribution in [1.29, 1.82) is 0 Å². The van der Waals surface area contributed by atoms with E-state index in [-0.39, 0.29) is 29.1 Å². The van der Waals surface area contributed by atoms with Gasteiger partial charge in [0, 0.05) is 0 Å². The Kier molecular flexibility index (Phi) is 3.19. The van der Waals surface area contributed by atoms with E-state index in [2.05, 4.69) is 4.72 Å². The van der Waals surface area contributed by atoms with Gasteiger partial charge in [0.15, 0.2) is 0 Å². The lowest BCUT2D eigenvalue weighted by molar-refractivity contribution is 0.0996. The van der Waals surface area contributed by atoms with E-state index in [9.17, 15) is 8.42 Å². The first kappa shape index (κ1) is 12.6. The van der Waals surface area contributed by atoms with Crippen molar-refractivity contribution in [3.63, 3.8) is 0 Å². The third kappa shape index (κ3) is 2.21. The predicted octanol–water partition coefficient (Wildman–Crippen LogP) is 0.839. The number of nitrogens with one attached hydrogen (secondary N) is 1. The number of aliphatic hydroxyl groups excluding tert-OH is 1. The van der Waals surface area contributed by atoms with Gasteiger partial charge >= 0.3 is 0 Å². The SMILES string of the molecule is O=S(=O)(NC1CC2CCC1O2)c1cc(CO)cs1. The van der Waals surface area contributed by atoms with Crippen molar-refractivity contribution in [3.8, 4) is 0 Å². The lowest BCUT2D eigenvalue weighted by Gasteiger charge is -2.19. The number of sulfonamides is 1. The second-order valence-corrected chi connectivity index (χ2v) is 7.62. The number of hydrogen-bond donors (Lipinski definition) is 2. The lowest BCUT2D eigenvalue weighted by atomic mass is 9.96. The van der Waals surface area contributed by atoms with Crippen LogP contribution in [0.1, 0.15) is 24.8 Å². The third-order valence-electron chi connectivity index (χ3n) is 3.49. The van der Waals surface area contributed by atoms with Crippen molar-refractivity contribution in [2.45, 2.75) is 48.3 Å². The summed E-state index contributed by atoms with van der Waals surface area (Å²) in [5.41, 5.74) is 0.629. The molecule has 18 heavy (non-hydrogen) atoms. The number of aliphatic hydroxyl groups is 1. The van der Waals surface area contributed by atoms with Crippen molar-refractivity contribution in [2.24, 2.45) is 0 Å². The Morgan fingerprint density at radius 3 is 2.89 bits per heavy atom. The van der Waals surface area contributed by atoms with Gasteiger partial charge in [-0.15, -0.1) is 11.3 Å². The van der Waals surface area contributed by atoms with Gasteiger partial charge in [-0.2, -0.15) is 0 Å². The molecule has 2 N–H and O–H groups in total. The third-order valence-corrected chi connectivity index (χ3v) is 6.47. The molecule has 0 amide bonds. The fraction of sp³-hybridized carbons (Fsp3) is 0.636. The molecule has 3 rings (SSSR count). The Labute approximate surface area is 110 Å². The van der Waals surface area contributed by atoms with E-state index in [0.29, 0.717) is 5.56 Å². The van der Waals surface area contributed by atoms with Gasteiger partial charge in [0.05, 0.1) is 24.9 Å². The average molecular weight is 289 g/mol. The highest BCUT2D eigenvalue weighted by Crippen LogP contribution is 2.35. The van der Waals surface area contributed by atoms with Crippen LogP contribution in [0.25, 0.3) is 0 Å². The van der Waals surface area contributed by atoms with Crippen LogP contribution < -0.4 is 4.72 Å². The number of fused-ring (bicyclic) bond motifs is 2. The highest BCUT2D eigenvalue weighted by atomic mass is 32.2. The van der Waals surface area contributed by atoms with Crippen LogP contribution in [0.15, 0.2) is 15.7 Å². The number of ether oxygens (including phenoxy) is 1. The van der Waals surface area contributed by atoms with Crippen molar-refractivity contribution in [1.82, 2.24) is 4.72 Å². The largest absolute Gasteiger partial charge is 0.392 e. The zero-order valence-corrected chi connectivity index (χ0v) is 11.3. The molecule has 0 spiro atoms. The van der Waals surface area contributed by atoms with E-state index in [1.54, 1.807) is 5.38 Å². The minimum Gasteiger partial charge on any atom is -0.392 e. The molecular weight excluding hydrogens is 274 g/mol. The molecule has 3 atom stereocenters. The van der Waals surface area contributed by atoms with Gasteiger partial charge in [0.25, 0.3) is 0 Å². The second kappa shape index (κ2) is 4.57. The van der Waals surface area contributed by atoms with Gasteiger partial charge in [0.2, 0.25) is 10.0 Å². The zero-order valence-electron chi connectivity index (χ0n) is 9.70. The number of rotatable bonds is 4. The second-order valence-electron chi connectivity index (χ2n) is 4.77. The Morgan fingerprint density at radius 2 is 2.33 bits per heavy atom. The standard InChI is InChI=1S/C11H15NO4S2/c13-5-7-3-11(17-6-7)18(14,15)12-9-4-8-1-2-10(9)16-8/h3,6,8-10,12-13H,1-2,4-5H2. The molecule has 0 radical (unpaired) electrons. The number of thiophene rings is 1. The fourth-order valence-corrected chi connectivity index (χ4v) is 5.09. The molecule has 0 aliphatic carbocycles. The van der Waals surface area contributed by atoms with Crippen molar-refractivity contribution in [2.75, 3.05) is 0 Å². The maximum absolute atomic E-state index is 12.2. The van der Waals surface area contributed by atoms with Crippen LogP contribution in [-0.4, -0.2) is 31.8 Å². The van der Waals surface area contributed by atoms with Gasteiger partial charge in [-0.25, -0.2) is 13.1 Å². The van der Waals surface area contributed by atoms with Crippen LogP contribution in [0.4, 0.5) is 0 Å². The summed E-state index contributed by atoms with van der Waals surface area (Å²) in [6.07, 6.45) is 2.99. The quantitative estimate of drug-likeness (QED) is 0.861. The van der Waals surface area contributed by atoms with Crippen LogP contribution in [0.2, 0.25) is 0 Å². The monoisotopic (exact) mass is 289 g/mol. The van der Waals surface area contributed by atoms with Gasteiger partial charge in [-0.1, -0.05) is 0 Å². The van der Waals surface area contributed by atoms with Crippen LogP contribution in [0, 0.1) is 0 Å². The van der Waals surface area contributed by atoms with E-state index < -0.39 is 10.0 Å². The van der Waals surface area contributed by atoms with E-state index in [1.807, 2.05) is 0 Å². The summed E-state index contributed by atoms with van der Waals surface area (Å²) in [5, 5.41) is 10.6. The molecule has 0 saturated carbocycles. The Hall–Kier alpha value is -0.470. The van der Waals surface area contributed by atoms with Crippen LogP contribution in [-0.2, 0) is 21.4 Å². The van der Waals surface area contributed by atoms with E-state index in [1.165, 1.54) is 6.07 Å². The molecule has 3 heterocycles. The summed E-state index contributed by atoms with van der Waals surface area (Å²) in [7, 11) is -3.48. The molecule has 3 unspecified atom stereocenters. The van der Waals surface area contributed by atoms with E-state index in [4.69, 9.17) is 9.84 Å². The van der Waals surface area contributed by atoms with Gasteiger partial charge in [-0.3, -0.25) is 0 Å². The van der Waals surface area contributed by atoms with Crippen LogP contribution in [0.5, 0.6) is 0 Å². The smallest absolute Gasteiger partial charge is 0.250 e. The van der Waals surface area contributed by atoms with E-state index in [0.717, 1.165) is 30.6 Å². The maximum Gasteiger partial charge on any atom is 0.250 e. The lowest BCUT2D eigenvalue weighted by Crippen LogP contribution is -2.41. The molecule has 2 fully saturated rings.